The van der Waals surface area contributed by atoms with Gasteiger partial charge in [0.05, 0.1) is 4.90 Å². The van der Waals surface area contributed by atoms with E-state index in [4.69, 9.17) is 22.4 Å². The summed E-state index contributed by atoms with van der Waals surface area (Å²) in [5.74, 6) is -1.01. The summed E-state index contributed by atoms with van der Waals surface area (Å²) in [6, 6.07) is 8.01. The molecule has 0 saturated carbocycles. The molecule has 0 spiro atoms. The van der Waals surface area contributed by atoms with Crippen molar-refractivity contribution in [2.75, 3.05) is 17.8 Å². The van der Waals surface area contributed by atoms with E-state index in [0.29, 0.717) is 11.1 Å². The number of aliphatic carboxylic acids is 1. The molecule has 0 radical (unpaired) electrons. The summed E-state index contributed by atoms with van der Waals surface area (Å²) in [5, 5.41) is 19.4. The number of halogens is 4. The smallest absolute Gasteiger partial charge is 0.421 e. The summed E-state index contributed by atoms with van der Waals surface area (Å²) >= 11 is 7.24. The van der Waals surface area contributed by atoms with Crippen LogP contribution in [0.3, 0.4) is 0 Å². The van der Waals surface area contributed by atoms with Crippen molar-refractivity contribution in [3.05, 3.63) is 53.1 Å². The molecule has 33 heavy (non-hydrogen) atoms. The molecule has 0 heterocycles. The third-order valence-corrected chi connectivity index (χ3v) is 7.45. The minimum Gasteiger partial charge on any atom is -0.480 e. The van der Waals surface area contributed by atoms with E-state index in [0.717, 1.165) is 30.2 Å². The zero-order valence-electron chi connectivity index (χ0n) is 17.5. The lowest BCUT2D eigenvalue weighted by atomic mass is 9.89. The Kier molecular flexibility index (Phi) is 8.86. The second-order valence-corrected chi connectivity index (χ2v) is 11.1. The predicted molar refractivity (Wildman–Crippen MR) is 122 cm³/mol. The molecular weight excluding hydrogens is 503 g/mol. The van der Waals surface area contributed by atoms with Crippen LogP contribution in [0.5, 0.6) is 0 Å². The maximum absolute atomic E-state index is 13.7. The van der Waals surface area contributed by atoms with Gasteiger partial charge in [0.25, 0.3) is 0 Å². The zero-order valence-corrected chi connectivity index (χ0v) is 19.9. The first kappa shape index (κ1) is 27.5. The van der Waals surface area contributed by atoms with E-state index in [-0.39, 0.29) is 33.4 Å². The number of alkyl halides is 3. The van der Waals surface area contributed by atoms with Crippen molar-refractivity contribution >= 4 is 39.2 Å². The molecule has 0 aliphatic carbocycles. The average Bonchev–Trinajstić information content (AvgIpc) is 2.71. The highest BCUT2D eigenvalue weighted by molar-refractivity contribution is 7.99. The molecule has 0 amide bonds. The van der Waals surface area contributed by atoms with Gasteiger partial charge in [0.15, 0.2) is 15.4 Å². The largest absolute Gasteiger partial charge is 0.480 e. The third-order valence-electron chi connectivity index (χ3n) is 5.01. The maximum Gasteiger partial charge on any atom is 0.421 e. The summed E-state index contributed by atoms with van der Waals surface area (Å²) in [7, 11) is -3.47. The van der Waals surface area contributed by atoms with E-state index in [2.05, 4.69) is 0 Å². The number of sulfone groups is 1. The van der Waals surface area contributed by atoms with Crippen LogP contribution in [0.1, 0.15) is 18.4 Å². The van der Waals surface area contributed by atoms with E-state index in [9.17, 15) is 31.5 Å². The van der Waals surface area contributed by atoms with Crippen LogP contribution in [0.4, 0.5) is 13.2 Å². The number of aliphatic hydroxyl groups is 1. The molecule has 4 N–H and O–H groups in total. The second-order valence-electron chi connectivity index (χ2n) is 7.44. The molecule has 6 nitrogen and oxygen atoms in total. The number of hydrogen-bond donors (Lipinski definition) is 3. The molecule has 2 aromatic carbocycles. The van der Waals surface area contributed by atoms with Crippen LogP contribution in [0.2, 0.25) is 5.02 Å². The van der Waals surface area contributed by atoms with Gasteiger partial charge in [0.2, 0.25) is 0 Å². The monoisotopic (exact) mass is 525 g/mol. The Bertz CT molecular complexity index is 1090. The molecule has 0 fully saturated rings. The number of nitrogens with two attached hydrogens (primary N) is 1. The van der Waals surface area contributed by atoms with Gasteiger partial charge in [-0.1, -0.05) is 41.9 Å². The average molecular weight is 526 g/mol. The van der Waals surface area contributed by atoms with Crippen molar-refractivity contribution in [3.8, 4) is 11.1 Å². The second kappa shape index (κ2) is 10.6. The lowest BCUT2D eigenvalue weighted by Crippen LogP contribution is -2.42. The van der Waals surface area contributed by atoms with Gasteiger partial charge in [0.1, 0.15) is 6.04 Å². The quantitative estimate of drug-likeness (QED) is 0.400. The number of carbonyl (C=O) groups is 1. The summed E-state index contributed by atoms with van der Waals surface area (Å²) in [6.45, 7) is 0. The van der Waals surface area contributed by atoms with Crippen molar-refractivity contribution < 1.29 is 36.6 Å². The van der Waals surface area contributed by atoms with Crippen molar-refractivity contribution in [2.45, 2.75) is 35.6 Å². The highest BCUT2D eigenvalue weighted by Crippen LogP contribution is 2.43. The van der Waals surface area contributed by atoms with Crippen LogP contribution in [0.25, 0.3) is 11.1 Å². The molecule has 12 heteroatoms. The molecule has 0 aromatic heterocycles. The van der Waals surface area contributed by atoms with E-state index < -0.39 is 40.0 Å². The minimum atomic E-state index is -4.94. The van der Waals surface area contributed by atoms with Gasteiger partial charge in [-0.3, -0.25) is 4.79 Å². The number of thioether (sulfide) groups is 1. The fourth-order valence-corrected chi connectivity index (χ4v) is 5.06. The highest BCUT2D eigenvalue weighted by Gasteiger charge is 2.54. The van der Waals surface area contributed by atoms with Crippen molar-refractivity contribution in [2.24, 2.45) is 5.73 Å². The van der Waals surface area contributed by atoms with Gasteiger partial charge in [-0.05, 0) is 47.6 Å². The molecule has 0 bridgehead atoms. The minimum absolute atomic E-state index is 0.0149. The van der Waals surface area contributed by atoms with E-state index in [1.807, 2.05) is 0 Å². The van der Waals surface area contributed by atoms with Gasteiger partial charge < -0.3 is 15.9 Å². The Hall–Kier alpha value is -1.79. The highest BCUT2D eigenvalue weighted by atomic mass is 35.5. The Morgan fingerprint density at radius 3 is 2.24 bits per heavy atom. The first-order valence-electron chi connectivity index (χ1n) is 9.62. The first-order valence-corrected chi connectivity index (χ1v) is 13.0. The fourth-order valence-electron chi connectivity index (χ4n) is 2.99. The van der Waals surface area contributed by atoms with E-state index >= 15 is 0 Å². The summed E-state index contributed by atoms with van der Waals surface area (Å²) in [5.41, 5.74) is 2.79. The fraction of sp³-hybridized carbons (Fsp3) is 0.381. The normalized spacial score (nSPS) is 15.1. The van der Waals surface area contributed by atoms with E-state index in [1.165, 1.54) is 30.3 Å². The zero-order chi connectivity index (χ0) is 25.0. The number of hydrogen-bond acceptors (Lipinski definition) is 6. The van der Waals surface area contributed by atoms with Gasteiger partial charge in [0, 0.05) is 16.8 Å². The van der Waals surface area contributed by atoms with Crippen molar-refractivity contribution in [1.29, 1.82) is 0 Å². The first-order chi connectivity index (χ1) is 15.2. The van der Waals surface area contributed by atoms with Gasteiger partial charge in [-0.2, -0.15) is 24.9 Å². The lowest BCUT2D eigenvalue weighted by molar-refractivity contribution is -0.267. The molecule has 2 rings (SSSR count). The molecule has 0 aliphatic heterocycles. The predicted octanol–water partition coefficient (Wildman–Crippen LogP) is 4.09. The SMILES string of the molecule is CS(=O)(=O)c1ccc(-c2ccc(C(O)(CCSCCC(N)C(=O)O)C(F)(F)F)cc2)c(Cl)c1. The molecule has 0 aliphatic rings. The van der Waals surface area contributed by atoms with Gasteiger partial charge >= 0.3 is 12.1 Å². The van der Waals surface area contributed by atoms with Crippen molar-refractivity contribution in [1.82, 2.24) is 0 Å². The van der Waals surface area contributed by atoms with Crippen LogP contribution in [-0.4, -0.2) is 54.6 Å². The topological polar surface area (TPSA) is 118 Å². The molecule has 0 saturated heterocycles. The van der Waals surface area contributed by atoms with E-state index in [1.54, 1.807) is 0 Å². The molecule has 2 atom stereocenters. The van der Waals surface area contributed by atoms with Crippen LogP contribution in [-0.2, 0) is 20.2 Å². The molecular formula is C21H23ClF3NO5S2. The molecule has 2 aromatic rings. The van der Waals surface area contributed by atoms with Crippen LogP contribution >= 0.6 is 23.4 Å². The summed E-state index contributed by atoms with van der Waals surface area (Å²) in [6.07, 6.45) is -4.45. The Morgan fingerprint density at radius 2 is 1.76 bits per heavy atom. The number of carboxylic acids is 1. The van der Waals surface area contributed by atoms with Crippen LogP contribution in [0.15, 0.2) is 47.4 Å². The summed E-state index contributed by atoms with van der Waals surface area (Å²) < 4.78 is 64.5. The Labute approximate surface area is 198 Å². The van der Waals surface area contributed by atoms with Crippen LogP contribution < -0.4 is 5.73 Å². The van der Waals surface area contributed by atoms with Gasteiger partial charge in [-0.15, -0.1) is 0 Å². The third kappa shape index (κ3) is 6.86. The molecule has 182 valence electrons. The van der Waals surface area contributed by atoms with Gasteiger partial charge in [-0.25, -0.2) is 8.42 Å². The van der Waals surface area contributed by atoms with Crippen LogP contribution in [0, 0.1) is 0 Å². The molecule has 2 unspecified atom stereocenters. The number of rotatable bonds is 10. The van der Waals surface area contributed by atoms with Crippen molar-refractivity contribution in [3.63, 3.8) is 0 Å². The Balaban J connectivity index is 2.19. The number of carboxylic acid groups (broad SMARTS) is 1. The maximum atomic E-state index is 13.7. The Morgan fingerprint density at radius 1 is 1.15 bits per heavy atom. The number of benzene rings is 2. The lowest BCUT2D eigenvalue weighted by Gasteiger charge is -2.31. The summed E-state index contributed by atoms with van der Waals surface area (Å²) in [4.78, 5) is 10.7. The standard InChI is InChI=1S/C21H23ClF3NO5S2/c1-33(30,31)15-6-7-16(17(22)12-15)13-2-4-14(5-3-13)20(29,21(23,24)25)9-11-32-10-8-18(26)19(27)28/h2-7,12,18,29H,8-11,26H2,1H3,(H,27,28).